The number of carbonyl (C=O) groups excluding carboxylic acids is 2. The molecule has 4 rings (SSSR count). The molecule has 1 aromatic heterocycles. The zero-order valence-corrected chi connectivity index (χ0v) is 18.1. The van der Waals surface area contributed by atoms with Crippen LogP contribution in [0.15, 0.2) is 36.5 Å². The lowest BCUT2D eigenvalue weighted by Crippen LogP contribution is -2.43. The van der Waals surface area contributed by atoms with Gasteiger partial charge >= 0.3 is 5.97 Å². The summed E-state index contributed by atoms with van der Waals surface area (Å²) in [6.45, 7) is 5.42. The van der Waals surface area contributed by atoms with E-state index in [1.54, 1.807) is 18.3 Å². The van der Waals surface area contributed by atoms with Gasteiger partial charge in [0.2, 0.25) is 5.95 Å². The largest absolute Gasteiger partial charge is 0.468 e. The Balaban J connectivity index is 1.65. The number of Topliss-reactive ketones (excluding diaryl/α,β-unsaturated/α-hetero) is 1. The topological polar surface area (TPSA) is 93.7 Å². The van der Waals surface area contributed by atoms with E-state index in [0.717, 1.165) is 18.4 Å². The lowest BCUT2D eigenvalue weighted by Gasteiger charge is -2.34. The minimum Gasteiger partial charge on any atom is -0.468 e. The maximum atomic E-state index is 13.0. The van der Waals surface area contributed by atoms with Crippen LogP contribution in [-0.2, 0) is 19.8 Å². The normalized spacial score (nSPS) is 20.8. The number of fused-ring (bicyclic) bond motifs is 1. The number of aromatic nitrogens is 2. The zero-order chi connectivity index (χ0) is 22.0. The van der Waals surface area contributed by atoms with E-state index in [4.69, 9.17) is 14.5 Å². The van der Waals surface area contributed by atoms with Gasteiger partial charge in [-0.25, -0.2) is 14.8 Å². The molecule has 164 valence electrons. The number of nitrogens with zero attached hydrogens (tertiary/aromatic N) is 3. The first-order valence-corrected chi connectivity index (χ1v) is 10.6. The Morgan fingerprint density at radius 1 is 1.23 bits per heavy atom. The van der Waals surface area contributed by atoms with E-state index in [-0.39, 0.29) is 18.4 Å². The molecule has 2 aromatic rings. The van der Waals surface area contributed by atoms with Crippen LogP contribution in [0.3, 0.4) is 0 Å². The van der Waals surface area contributed by atoms with Crippen molar-refractivity contribution in [2.45, 2.75) is 44.3 Å². The molecule has 31 heavy (non-hydrogen) atoms. The Kier molecular flexibility index (Phi) is 6.02. The van der Waals surface area contributed by atoms with Crippen LogP contribution in [0, 0.1) is 0 Å². The maximum absolute atomic E-state index is 13.0. The Labute approximate surface area is 182 Å². The van der Waals surface area contributed by atoms with Crippen LogP contribution in [-0.4, -0.2) is 59.5 Å². The zero-order valence-electron chi connectivity index (χ0n) is 18.1. The highest BCUT2D eigenvalue weighted by Gasteiger charge is 2.50. The summed E-state index contributed by atoms with van der Waals surface area (Å²) >= 11 is 0. The van der Waals surface area contributed by atoms with Gasteiger partial charge in [0.1, 0.15) is 0 Å². The van der Waals surface area contributed by atoms with Crippen molar-refractivity contribution >= 4 is 17.7 Å². The highest BCUT2D eigenvalue weighted by atomic mass is 16.5. The van der Waals surface area contributed by atoms with Gasteiger partial charge in [-0.15, -0.1) is 0 Å². The predicted molar refractivity (Wildman–Crippen MR) is 115 cm³/mol. The first-order valence-electron chi connectivity index (χ1n) is 10.6. The van der Waals surface area contributed by atoms with E-state index in [2.05, 4.69) is 10.3 Å². The molecule has 1 saturated heterocycles. The number of rotatable bonds is 6. The minimum absolute atomic E-state index is 0.0653. The van der Waals surface area contributed by atoms with Crippen LogP contribution >= 0.6 is 0 Å². The van der Waals surface area contributed by atoms with E-state index in [1.807, 2.05) is 36.9 Å². The van der Waals surface area contributed by atoms with Crippen molar-refractivity contribution in [3.8, 4) is 0 Å². The van der Waals surface area contributed by atoms with Crippen LogP contribution in [0.1, 0.15) is 54.3 Å². The van der Waals surface area contributed by atoms with Gasteiger partial charge < -0.3 is 14.8 Å². The molecule has 8 heteroatoms. The molecule has 0 bridgehead atoms. The summed E-state index contributed by atoms with van der Waals surface area (Å²) in [6.07, 6.45) is 3.51. The summed E-state index contributed by atoms with van der Waals surface area (Å²) in [4.78, 5) is 36.9. The molecule has 3 heterocycles. The van der Waals surface area contributed by atoms with E-state index >= 15 is 0 Å². The molecule has 2 aliphatic heterocycles. The van der Waals surface area contributed by atoms with Crippen molar-refractivity contribution in [2.75, 3.05) is 32.2 Å². The van der Waals surface area contributed by atoms with Crippen molar-refractivity contribution in [1.29, 1.82) is 0 Å². The molecule has 0 amide bonds. The summed E-state index contributed by atoms with van der Waals surface area (Å²) in [5.74, 6) is -0.0288. The third-order valence-electron chi connectivity index (χ3n) is 6.15. The van der Waals surface area contributed by atoms with Gasteiger partial charge in [-0.3, -0.25) is 9.69 Å². The number of nitrogens with one attached hydrogen (secondary N) is 1. The summed E-state index contributed by atoms with van der Waals surface area (Å²) in [5, 5.41) is 3.36. The number of carbonyl (C=O) groups is 2. The maximum Gasteiger partial charge on any atom is 0.329 e. The number of ether oxygens (including phenoxy) is 2. The summed E-state index contributed by atoms with van der Waals surface area (Å²) in [7, 11) is 1.35. The van der Waals surface area contributed by atoms with E-state index in [0.29, 0.717) is 30.4 Å². The second-order valence-electron chi connectivity index (χ2n) is 8.43. The molecule has 0 aliphatic carbocycles. The molecule has 1 atom stereocenters. The standard InChI is InChI=1S/C23H28N4O4/c1-23(2)17-13-24-22(25-16-9-11-31-12-10-16)26-19(17)20(21(29)30-3)27(23)14-18(28)15-7-5-4-6-8-15/h4-8,13,16,20H,9-12,14H2,1-3H3,(H,24,25,26). The van der Waals surface area contributed by atoms with Gasteiger partial charge in [0.05, 0.1) is 19.3 Å². The van der Waals surface area contributed by atoms with Gasteiger partial charge in [-0.2, -0.15) is 0 Å². The highest BCUT2D eigenvalue weighted by Crippen LogP contribution is 2.45. The third-order valence-corrected chi connectivity index (χ3v) is 6.15. The molecule has 2 aliphatic rings. The molecule has 0 saturated carbocycles. The smallest absolute Gasteiger partial charge is 0.329 e. The van der Waals surface area contributed by atoms with Gasteiger partial charge in [0.25, 0.3) is 0 Å². The second-order valence-corrected chi connectivity index (χ2v) is 8.43. The Morgan fingerprint density at radius 2 is 1.94 bits per heavy atom. The van der Waals surface area contributed by atoms with Crippen LogP contribution < -0.4 is 5.32 Å². The molecule has 0 spiro atoms. The number of esters is 1. The Hall–Kier alpha value is -2.84. The fraction of sp³-hybridized carbons (Fsp3) is 0.478. The monoisotopic (exact) mass is 424 g/mol. The third kappa shape index (κ3) is 4.18. The molecule has 0 radical (unpaired) electrons. The van der Waals surface area contributed by atoms with Gasteiger partial charge in [-0.05, 0) is 26.7 Å². The van der Waals surface area contributed by atoms with Crippen molar-refractivity contribution in [2.24, 2.45) is 0 Å². The van der Waals surface area contributed by atoms with Crippen molar-refractivity contribution in [1.82, 2.24) is 14.9 Å². The number of hydrogen-bond acceptors (Lipinski definition) is 8. The lowest BCUT2D eigenvalue weighted by atomic mass is 9.96. The van der Waals surface area contributed by atoms with Crippen molar-refractivity contribution in [3.05, 3.63) is 53.3 Å². The van der Waals surface area contributed by atoms with Crippen LogP contribution in [0.4, 0.5) is 5.95 Å². The average Bonchev–Trinajstić information content (AvgIpc) is 3.00. The Bertz CT molecular complexity index is 957. The summed E-state index contributed by atoms with van der Waals surface area (Å²) in [5.41, 5.74) is 1.39. The molecule has 1 N–H and O–H groups in total. The van der Waals surface area contributed by atoms with E-state index in [9.17, 15) is 9.59 Å². The number of hydrogen-bond donors (Lipinski definition) is 1. The number of anilines is 1. The van der Waals surface area contributed by atoms with E-state index in [1.165, 1.54) is 7.11 Å². The van der Waals surface area contributed by atoms with Crippen LogP contribution in [0.5, 0.6) is 0 Å². The van der Waals surface area contributed by atoms with Gasteiger partial charge in [0.15, 0.2) is 11.8 Å². The summed E-state index contributed by atoms with van der Waals surface area (Å²) in [6, 6.07) is 8.53. The fourth-order valence-electron chi connectivity index (χ4n) is 4.30. The fourth-order valence-corrected chi connectivity index (χ4v) is 4.30. The Morgan fingerprint density at radius 3 is 2.61 bits per heavy atom. The second kappa shape index (κ2) is 8.72. The number of ketones is 1. The first kappa shape index (κ1) is 21.4. The van der Waals surface area contributed by atoms with Gasteiger partial charge in [-0.1, -0.05) is 30.3 Å². The number of benzene rings is 1. The average molecular weight is 425 g/mol. The SMILES string of the molecule is COC(=O)C1c2nc(NC3CCOCC3)ncc2C(C)(C)N1CC(=O)c1ccccc1. The molecule has 1 aromatic carbocycles. The molecule has 1 fully saturated rings. The first-order chi connectivity index (χ1) is 14.9. The summed E-state index contributed by atoms with van der Waals surface area (Å²) < 4.78 is 10.5. The predicted octanol–water partition coefficient (Wildman–Crippen LogP) is 2.72. The quantitative estimate of drug-likeness (QED) is 0.559. The molecular formula is C23H28N4O4. The minimum atomic E-state index is -0.777. The molecular weight excluding hydrogens is 396 g/mol. The van der Waals surface area contributed by atoms with Crippen molar-refractivity contribution in [3.63, 3.8) is 0 Å². The van der Waals surface area contributed by atoms with E-state index < -0.39 is 17.6 Å². The molecule has 1 unspecified atom stereocenters. The van der Waals surface area contributed by atoms with Crippen LogP contribution in [0.2, 0.25) is 0 Å². The molecule has 8 nitrogen and oxygen atoms in total. The van der Waals surface area contributed by atoms with Crippen molar-refractivity contribution < 1.29 is 19.1 Å². The highest BCUT2D eigenvalue weighted by molar-refractivity contribution is 5.98. The lowest BCUT2D eigenvalue weighted by molar-refractivity contribution is -0.148. The van der Waals surface area contributed by atoms with Crippen LogP contribution in [0.25, 0.3) is 0 Å². The number of methoxy groups -OCH3 is 1. The van der Waals surface area contributed by atoms with Gasteiger partial charge in [0, 0.05) is 42.1 Å².